The number of nitrogens with zero attached hydrogens (tertiary/aromatic N) is 4. The Hall–Kier alpha value is -1.75. The molecular weight excluding hydrogens is 252 g/mol. The first-order chi connectivity index (χ1) is 8.78. The van der Waals surface area contributed by atoms with Crippen LogP contribution in [0.1, 0.15) is 29.4 Å². The summed E-state index contributed by atoms with van der Waals surface area (Å²) in [7, 11) is 1.51. The van der Waals surface area contributed by atoms with Crippen molar-refractivity contribution >= 4 is 11.6 Å². The Morgan fingerprint density at radius 1 is 1.33 bits per heavy atom. The molecule has 0 radical (unpaired) electrons. The molecule has 0 spiro atoms. The van der Waals surface area contributed by atoms with Crippen molar-refractivity contribution in [2.24, 2.45) is 0 Å². The monoisotopic (exact) mass is 262 g/mol. The summed E-state index contributed by atoms with van der Waals surface area (Å²) in [5, 5.41) is 0.154. The SMILES string of the molecule is COc1nc(Cl)nc(C2CCc3cccnc32)n1. The predicted molar refractivity (Wildman–Crippen MR) is 65.8 cm³/mol. The molecule has 2 aromatic heterocycles. The summed E-state index contributed by atoms with van der Waals surface area (Å²) in [4.78, 5) is 16.7. The molecule has 0 fully saturated rings. The van der Waals surface area contributed by atoms with Gasteiger partial charge in [-0.05, 0) is 36.1 Å². The summed E-state index contributed by atoms with van der Waals surface area (Å²) in [6, 6.07) is 4.28. The number of hydrogen-bond donors (Lipinski definition) is 0. The van der Waals surface area contributed by atoms with Crippen LogP contribution in [0.3, 0.4) is 0 Å². The molecule has 1 aliphatic carbocycles. The minimum absolute atomic E-state index is 0.0793. The Kier molecular flexibility index (Phi) is 2.83. The van der Waals surface area contributed by atoms with Crippen LogP contribution >= 0.6 is 11.6 Å². The van der Waals surface area contributed by atoms with Gasteiger partial charge in [0.1, 0.15) is 5.82 Å². The number of methoxy groups -OCH3 is 1. The van der Waals surface area contributed by atoms with Crippen LogP contribution in [0.4, 0.5) is 0 Å². The number of halogens is 1. The lowest BCUT2D eigenvalue weighted by atomic mass is 10.1. The number of aromatic nitrogens is 4. The summed E-state index contributed by atoms with van der Waals surface area (Å²) < 4.78 is 5.02. The quantitative estimate of drug-likeness (QED) is 0.828. The van der Waals surface area contributed by atoms with E-state index in [4.69, 9.17) is 16.3 Å². The molecule has 0 bridgehead atoms. The first-order valence-corrected chi connectivity index (χ1v) is 6.05. The number of fused-ring (bicyclic) bond motifs is 1. The smallest absolute Gasteiger partial charge is 0.320 e. The Morgan fingerprint density at radius 3 is 3.06 bits per heavy atom. The summed E-state index contributed by atoms with van der Waals surface area (Å²) in [6.07, 6.45) is 3.71. The molecule has 1 atom stereocenters. The third-order valence-corrected chi connectivity index (χ3v) is 3.23. The molecule has 18 heavy (non-hydrogen) atoms. The summed E-state index contributed by atoms with van der Waals surface area (Å²) >= 11 is 5.87. The van der Waals surface area contributed by atoms with E-state index in [9.17, 15) is 0 Å². The topological polar surface area (TPSA) is 60.8 Å². The molecule has 0 amide bonds. The summed E-state index contributed by atoms with van der Waals surface area (Å²) in [5.74, 6) is 0.708. The van der Waals surface area contributed by atoms with Gasteiger partial charge < -0.3 is 4.74 Å². The van der Waals surface area contributed by atoms with Gasteiger partial charge in [-0.2, -0.15) is 9.97 Å². The standard InChI is InChI=1S/C12H11ClN4O/c1-18-12-16-10(15-11(13)17-12)8-5-4-7-3-2-6-14-9(7)8/h2-3,6,8H,4-5H2,1H3. The highest BCUT2D eigenvalue weighted by molar-refractivity contribution is 6.28. The third kappa shape index (κ3) is 1.90. The highest BCUT2D eigenvalue weighted by Crippen LogP contribution is 2.35. The van der Waals surface area contributed by atoms with Gasteiger partial charge in [-0.15, -0.1) is 0 Å². The van der Waals surface area contributed by atoms with Crippen molar-refractivity contribution in [2.45, 2.75) is 18.8 Å². The first-order valence-electron chi connectivity index (χ1n) is 5.67. The zero-order valence-corrected chi connectivity index (χ0v) is 10.6. The van der Waals surface area contributed by atoms with Crippen LogP contribution in [0.15, 0.2) is 18.3 Å². The molecule has 0 aromatic carbocycles. The molecular formula is C12H11ClN4O. The van der Waals surface area contributed by atoms with E-state index in [1.54, 1.807) is 6.20 Å². The van der Waals surface area contributed by atoms with Crippen LogP contribution in [-0.4, -0.2) is 27.0 Å². The summed E-state index contributed by atoms with van der Waals surface area (Å²) in [5.41, 5.74) is 2.28. The van der Waals surface area contributed by atoms with Crippen LogP contribution in [-0.2, 0) is 6.42 Å². The fraction of sp³-hybridized carbons (Fsp3) is 0.333. The maximum absolute atomic E-state index is 5.87. The van der Waals surface area contributed by atoms with E-state index in [0.29, 0.717) is 5.82 Å². The highest BCUT2D eigenvalue weighted by Gasteiger charge is 2.28. The fourth-order valence-electron chi connectivity index (χ4n) is 2.26. The lowest BCUT2D eigenvalue weighted by Crippen LogP contribution is -2.07. The second-order valence-corrected chi connectivity index (χ2v) is 4.43. The van der Waals surface area contributed by atoms with Gasteiger partial charge >= 0.3 is 6.01 Å². The number of ether oxygens (including phenoxy) is 1. The zero-order chi connectivity index (χ0) is 12.5. The van der Waals surface area contributed by atoms with Crippen LogP contribution < -0.4 is 4.74 Å². The largest absolute Gasteiger partial charge is 0.467 e. The number of rotatable bonds is 2. The molecule has 0 saturated carbocycles. The van der Waals surface area contributed by atoms with E-state index in [1.165, 1.54) is 12.7 Å². The molecule has 92 valence electrons. The van der Waals surface area contributed by atoms with Gasteiger partial charge in [0.05, 0.1) is 18.7 Å². The van der Waals surface area contributed by atoms with E-state index in [1.807, 2.05) is 6.07 Å². The predicted octanol–water partition coefficient (Wildman–Crippen LogP) is 2.01. The van der Waals surface area contributed by atoms with E-state index in [-0.39, 0.29) is 17.2 Å². The van der Waals surface area contributed by atoms with Gasteiger partial charge in [0.25, 0.3) is 0 Å². The molecule has 6 heteroatoms. The van der Waals surface area contributed by atoms with Crippen molar-refractivity contribution in [3.63, 3.8) is 0 Å². The molecule has 0 aliphatic heterocycles. The normalized spacial score (nSPS) is 17.6. The van der Waals surface area contributed by atoms with Crippen molar-refractivity contribution in [1.29, 1.82) is 0 Å². The van der Waals surface area contributed by atoms with Crippen LogP contribution in [0.5, 0.6) is 6.01 Å². The molecule has 0 saturated heterocycles. The van der Waals surface area contributed by atoms with Crippen molar-refractivity contribution in [1.82, 2.24) is 19.9 Å². The van der Waals surface area contributed by atoms with Crippen molar-refractivity contribution in [3.05, 3.63) is 40.7 Å². The molecule has 2 aromatic rings. The van der Waals surface area contributed by atoms with Crippen LogP contribution in [0.2, 0.25) is 5.28 Å². The van der Waals surface area contributed by atoms with Crippen molar-refractivity contribution in [3.8, 4) is 6.01 Å². The van der Waals surface area contributed by atoms with Gasteiger partial charge in [-0.3, -0.25) is 4.98 Å². The second-order valence-electron chi connectivity index (χ2n) is 4.09. The maximum Gasteiger partial charge on any atom is 0.320 e. The van der Waals surface area contributed by atoms with E-state index >= 15 is 0 Å². The average Bonchev–Trinajstić information content (AvgIpc) is 2.81. The first kappa shape index (κ1) is 11.3. The molecule has 0 N–H and O–H groups in total. The molecule has 3 rings (SSSR count). The highest BCUT2D eigenvalue weighted by atomic mass is 35.5. The maximum atomic E-state index is 5.87. The Labute approximate surface area is 109 Å². The summed E-state index contributed by atoms with van der Waals surface area (Å²) in [6.45, 7) is 0. The van der Waals surface area contributed by atoms with Gasteiger partial charge in [0.15, 0.2) is 0 Å². The van der Waals surface area contributed by atoms with Crippen molar-refractivity contribution < 1.29 is 4.74 Å². The number of hydrogen-bond acceptors (Lipinski definition) is 5. The van der Waals surface area contributed by atoms with Gasteiger partial charge in [0.2, 0.25) is 5.28 Å². The Balaban J connectivity index is 2.04. The molecule has 2 heterocycles. The van der Waals surface area contributed by atoms with E-state index in [0.717, 1.165) is 18.5 Å². The van der Waals surface area contributed by atoms with E-state index < -0.39 is 0 Å². The van der Waals surface area contributed by atoms with Crippen molar-refractivity contribution in [2.75, 3.05) is 7.11 Å². The Morgan fingerprint density at radius 2 is 2.22 bits per heavy atom. The van der Waals surface area contributed by atoms with Gasteiger partial charge in [0, 0.05) is 6.20 Å². The molecule has 1 aliphatic rings. The van der Waals surface area contributed by atoms with Crippen LogP contribution in [0.25, 0.3) is 0 Å². The second kappa shape index (κ2) is 4.49. The number of pyridine rings is 1. The molecule has 1 unspecified atom stereocenters. The minimum Gasteiger partial charge on any atom is -0.467 e. The number of aryl methyl sites for hydroxylation is 1. The molecule has 5 nitrogen and oxygen atoms in total. The average molecular weight is 263 g/mol. The van der Waals surface area contributed by atoms with Crippen LogP contribution in [0, 0.1) is 0 Å². The zero-order valence-electron chi connectivity index (χ0n) is 9.80. The lowest BCUT2D eigenvalue weighted by molar-refractivity contribution is 0.374. The minimum atomic E-state index is 0.0793. The third-order valence-electron chi connectivity index (χ3n) is 3.06. The van der Waals surface area contributed by atoms with Gasteiger partial charge in [-0.25, -0.2) is 4.98 Å². The van der Waals surface area contributed by atoms with Gasteiger partial charge in [-0.1, -0.05) is 6.07 Å². The Bertz CT molecular complexity index is 590. The van der Waals surface area contributed by atoms with E-state index in [2.05, 4.69) is 26.0 Å². The lowest BCUT2D eigenvalue weighted by Gasteiger charge is -2.09. The fourth-order valence-corrected chi connectivity index (χ4v) is 2.42.